The van der Waals surface area contributed by atoms with Gasteiger partial charge in [0.1, 0.15) is 10.7 Å². The molecule has 1 aromatic rings. The van der Waals surface area contributed by atoms with Crippen molar-refractivity contribution in [1.82, 2.24) is 9.88 Å². The van der Waals surface area contributed by atoms with Crippen LogP contribution in [-0.2, 0) is 0 Å². The van der Waals surface area contributed by atoms with Gasteiger partial charge in [0, 0.05) is 18.6 Å². The van der Waals surface area contributed by atoms with Crippen molar-refractivity contribution in [3.8, 4) is 0 Å². The number of piperidine rings is 1. The van der Waals surface area contributed by atoms with Crippen molar-refractivity contribution in [2.45, 2.75) is 46.6 Å². The van der Waals surface area contributed by atoms with Crippen LogP contribution in [0.1, 0.15) is 50.7 Å². The van der Waals surface area contributed by atoms with Crippen LogP contribution in [0.3, 0.4) is 0 Å². The second-order valence-electron chi connectivity index (χ2n) is 7.10. The predicted molar refractivity (Wildman–Crippen MR) is 88.8 cm³/mol. The normalized spacial score (nSPS) is 23.2. The van der Waals surface area contributed by atoms with Crippen LogP contribution in [0.2, 0.25) is 0 Å². The van der Waals surface area contributed by atoms with Crippen LogP contribution >= 0.6 is 11.3 Å². The highest BCUT2D eigenvalue weighted by Gasteiger charge is 2.29. The van der Waals surface area contributed by atoms with Gasteiger partial charge in [-0.05, 0) is 39.0 Å². The fraction of sp³-hybridized carbons (Fsp3) is 0.733. The zero-order valence-corrected chi connectivity index (χ0v) is 14.4. The molecule has 5 nitrogen and oxygen atoms in total. The molecule has 1 amide bonds. The minimum absolute atomic E-state index is 0.0192. The van der Waals surface area contributed by atoms with E-state index < -0.39 is 0 Å². The lowest BCUT2D eigenvalue weighted by atomic mass is 9.88. The minimum atomic E-state index is -0.0975. The van der Waals surface area contributed by atoms with E-state index in [0.717, 1.165) is 19.5 Å². The first-order valence-electron chi connectivity index (χ1n) is 7.51. The van der Waals surface area contributed by atoms with Crippen molar-refractivity contribution in [1.29, 1.82) is 0 Å². The van der Waals surface area contributed by atoms with E-state index in [0.29, 0.717) is 27.7 Å². The monoisotopic (exact) mass is 310 g/mol. The average molecular weight is 310 g/mol. The molecule has 0 spiro atoms. The molecule has 0 saturated carbocycles. The summed E-state index contributed by atoms with van der Waals surface area (Å²) in [5.41, 5.74) is 5.84. The highest BCUT2D eigenvalue weighted by atomic mass is 32.1. The zero-order chi connectivity index (χ0) is 15.8. The Labute approximate surface area is 130 Å². The van der Waals surface area contributed by atoms with Gasteiger partial charge in [0.05, 0.1) is 0 Å². The molecule has 1 saturated heterocycles. The summed E-state index contributed by atoms with van der Waals surface area (Å²) in [4.78, 5) is 19.4. The first kappa shape index (κ1) is 16.1. The summed E-state index contributed by atoms with van der Waals surface area (Å²) in [7, 11) is 0. The summed E-state index contributed by atoms with van der Waals surface area (Å²) in [5, 5.41) is 3.98. The molecule has 6 heteroatoms. The van der Waals surface area contributed by atoms with E-state index >= 15 is 0 Å². The van der Waals surface area contributed by atoms with E-state index in [1.54, 1.807) is 0 Å². The SMILES string of the molecule is CC1CCN(C(=O)c2sc(NC(C)(C)C)nc2N)CC1C. The number of nitrogens with zero attached hydrogens (tertiary/aromatic N) is 2. The van der Waals surface area contributed by atoms with Gasteiger partial charge in [0.2, 0.25) is 0 Å². The first-order valence-corrected chi connectivity index (χ1v) is 8.33. The second kappa shape index (κ2) is 5.83. The summed E-state index contributed by atoms with van der Waals surface area (Å²) in [6, 6.07) is 0. The van der Waals surface area contributed by atoms with Crippen molar-refractivity contribution in [3.05, 3.63) is 4.88 Å². The van der Waals surface area contributed by atoms with Crippen molar-refractivity contribution in [2.24, 2.45) is 11.8 Å². The second-order valence-corrected chi connectivity index (χ2v) is 8.10. The molecular formula is C15H26N4OS. The highest BCUT2D eigenvalue weighted by molar-refractivity contribution is 7.18. The maximum absolute atomic E-state index is 12.6. The van der Waals surface area contributed by atoms with Gasteiger partial charge in [-0.25, -0.2) is 4.98 Å². The number of rotatable bonds is 2. The number of thiazole rings is 1. The average Bonchev–Trinajstić information content (AvgIpc) is 2.70. The third kappa shape index (κ3) is 3.87. The van der Waals surface area contributed by atoms with Crippen LogP contribution in [0.5, 0.6) is 0 Å². The molecular weight excluding hydrogens is 284 g/mol. The third-order valence-electron chi connectivity index (χ3n) is 3.95. The first-order chi connectivity index (χ1) is 9.67. The predicted octanol–water partition coefficient (Wildman–Crippen LogP) is 3.05. The molecule has 0 aromatic carbocycles. The van der Waals surface area contributed by atoms with Crippen LogP contribution in [0.15, 0.2) is 0 Å². The fourth-order valence-electron chi connectivity index (χ4n) is 2.45. The van der Waals surface area contributed by atoms with Crippen LogP contribution in [-0.4, -0.2) is 34.4 Å². The quantitative estimate of drug-likeness (QED) is 0.880. The summed E-state index contributed by atoms with van der Waals surface area (Å²) in [6.45, 7) is 12.2. The Morgan fingerprint density at radius 3 is 2.62 bits per heavy atom. The van der Waals surface area contributed by atoms with Crippen LogP contribution < -0.4 is 11.1 Å². The number of nitrogen functional groups attached to an aromatic ring is 1. The Bertz CT molecular complexity index is 520. The summed E-state index contributed by atoms with van der Waals surface area (Å²) < 4.78 is 0. The van der Waals surface area contributed by atoms with Gasteiger partial charge in [-0.3, -0.25) is 4.79 Å². The van der Waals surface area contributed by atoms with Gasteiger partial charge in [-0.1, -0.05) is 25.2 Å². The molecule has 1 aliphatic rings. The van der Waals surface area contributed by atoms with E-state index in [1.807, 2.05) is 4.90 Å². The lowest BCUT2D eigenvalue weighted by Gasteiger charge is -2.35. The number of carbonyl (C=O) groups excluding carboxylic acids is 1. The molecule has 0 aliphatic carbocycles. The lowest BCUT2D eigenvalue weighted by molar-refractivity contribution is 0.0633. The summed E-state index contributed by atoms with van der Waals surface area (Å²) >= 11 is 1.35. The van der Waals surface area contributed by atoms with Gasteiger partial charge in [-0.2, -0.15) is 0 Å². The Morgan fingerprint density at radius 2 is 2.05 bits per heavy atom. The van der Waals surface area contributed by atoms with E-state index in [-0.39, 0.29) is 11.4 Å². The Hall–Kier alpha value is -1.30. The van der Waals surface area contributed by atoms with Gasteiger partial charge in [0.15, 0.2) is 5.13 Å². The van der Waals surface area contributed by atoms with Crippen LogP contribution in [0.25, 0.3) is 0 Å². The maximum Gasteiger partial charge on any atom is 0.267 e. The highest BCUT2D eigenvalue weighted by Crippen LogP contribution is 2.30. The standard InChI is InChI=1S/C15H26N4OS/c1-9-6-7-19(8-10(9)2)13(20)11-12(16)17-14(21-11)18-15(3,4)5/h9-10H,6-8,16H2,1-5H3,(H,17,18). The van der Waals surface area contributed by atoms with Gasteiger partial charge >= 0.3 is 0 Å². The van der Waals surface area contributed by atoms with Crippen molar-refractivity contribution in [2.75, 3.05) is 24.1 Å². The largest absolute Gasteiger partial charge is 0.382 e. The number of nitrogens with one attached hydrogen (secondary N) is 1. The molecule has 0 radical (unpaired) electrons. The smallest absolute Gasteiger partial charge is 0.267 e. The molecule has 3 N–H and O–H groups in total. The molecule has 1 fully saturated rings. The Morgan fingerprint density at radius 1 is 1.38 bits per heavy atom. The van der Waals surface area contributed by atoms with E-state index in [9.17, 15) is 4.79 Å². The lowest BCUT2D eigenvalue weighted by Crippen LogP contribution is -2.42. The van der Waals surface area contributed by atoms with Crippen LogP contribution in [0, 0.1) is 11.8 Å². The van der Waals surface area contributed by atoms with Crippen molar-refractivity contribution < 1.29 is 4.79 Å². The summed E-state index contributed by atoms with van der Waals surface area (Å²) in [5.74, 6) is 1.56. The van der Waals surface area contributed by atoms with E-state index in [2.05, 4.69) is 44.9 Å². The van der Waals surface area contributed by atoms with Crippen LogP contribution in [0.4, 0.5) is 10.9 Å². The molecule has 2 heterocycles. The maximum atomic E-state index is 12.6. The number of nitrogens with two attached hydrogens (primary N) is 1. The molecule has 2 rings (SSSR count). The molecule has 118 valence electrons. The molecule has 0 bridgehead atoms. The summed E-state index contributed by atoms with van der Waals surface area (Å²) in [6.07, 6.45) is 1.05. The third-order valence-corrected chi connectivity index (χ3v) is 4.93. The number of amides is 1. The Kier molecular flexibility index (Phi) is 4.46. The van der Waals surface area contributed by atoms with E-state index in [1.165, 1.54) is 11.3 Å². The molecule has 21 heavy (non-hydrogen) atoms. The molecule has 1 aliphatic heterocycles. The minimum Gasteiger partial charge on any atom is -0.382 e. The van der Waals surface area contributed by atoms with Crippen molar-refractivity contribution in [3.63, 3.8) is 0 Å². The number of anilines is 2. The fourth-order valence-corrected chi connectivity index (χ4v) is 3.51. The number of hydrogen-bond donors (Lipinski definition) is 2. The number of aromatic nitrogens is 1. The van der Waals surface area contributed by atoms with Gasteiger partial charge < -0.3 is 16.0 Å². The zero-order valence-electron chi connectivity index (χ0n) is 13.6. The number of hydrogen-bond acceptors (Lipinski definition) is 5. The molecule has 2 atom stereocenters. The topological polar surface area (TPSA) is 71.2 Å². The Balaban J connectivity index is 2.13. The number of likely N-dealkylation sites (tertiary alicyclic amines) is 1. The van der Waals surface area contributed by atoms with Crippen molar-refractivity contribution >= 4 is 28.2 Å². The van der Waals surface area contributed by atoms with Gasteiger partial charge in [-0.15, -0.1) is 0 Å². The van der Waals surface area contributed by atoms with Gasteiger partial charge in [0.25, 0.3) is 5.91 Å². The van der Waals surface area contributed by atoms with E-state index in [4.69, 9.17) is 5.73 Å². The molecule has 2 unspecified atom stereocenters. The molecule has 1 aromatic heterocycles. The number of carbonyl (C=O) groups is 1.